The van der Waals surface area contributed by atoms with E-state index in [1.807, 2.05) is 31.2 Å². The molecule has 1 aliphatic rings. The quantitative estimate of drug-likeness (QED) is 0.720. The number of benzene rings is 1. The molecule has 3 heterocycles. The Kier molecular flexibility index (Phi) is 5.61. The molecule has 0 saturated carbocycles. The normalized spacial score (nSPS) is 14.5. The fourth-order valence-electron chi connectivity index (χ4n) is 3.81. The predicted molar refractivity (Wildman–Crippen MR) is 112 cm³/mol. The lowest BCUT2D eigenvalue weighted by atomic mass is 10.0. The number of hydrogen-bond donors (Lipinski definition) is 1. The van der Waals surface area contributed by atoms with Crippen LogP contribution in [-0.2, 0) is 0 Å². The van der Waals surface area contributed by atoms with Gasteiger partial charge < -0.3 is 14.7 Å². The number of aromatic nitrogens is 2. The van der Waals surface area contributed by atoms with Gasteiger partial charge in [-0.2, -0.15) is 0 Å². The highest BCUT2D eigenvalue weighted by atomic mass is 16.5. The van der Waals surface area contributed by atoms with Crippen LogP contribution in [0.25, 0.3) is 11.3 Å². The van der Waals surface area contributed by atoms with Crippen LogP contribution >= 0.6 is 0 Å². The molecule has 1 aromatic carbocycles. The molecule has 4 rings (SSSR count). The van der Waals surface area contributed by atoms with E-state index in [0.29, 0.717) is 48.5 Å². The molecular formula is C23H24N4O3. The Morgan fingerprint density at radius 3 is 2.47 bits per heavy atom. The Bertz CT molecular complexity index is 1050. The van der Waals surface area contributed by atoms with Gasteiger partial charge in [-0.25, -0.2) is 0 Å². The highest BCUT2D eigenvalue weighted by Gasteiger charge is 2.30. The van der Waals surface area contributed by atoms with Gasteiger partial charge in [0.05, 0.1) is 0 Å². The maximum absolute atomic E-state index is 13.2. The van der Waals surface area contributed by atoms with Gasteiger partial charge >= 0.3 is 0 Å². The number of carbonyl (C=O) groups is 2. The van der Waals surface area contributed by atoms with E-state index in [1.54, 1.807) is 36.4 Å². The molecule has 1 N–H and O–H groups in total. The van der Waals surface area contributed by atoms with Crippen molar-refractivity contribution < 1.29 is 14.1 Å². The minimum Gasteiger partial charge on any atom is -0.360 e. The molecule has 2 amide bonds. The first-order valence-corrected chi connectivity index (χ1v) is 10.1. The summed E-state index contributed by atoms with van der Waals surface area (Å²) in [4.78, 5) is 31.6. The van der Waals surface area contributed by atoms with Gasteiger partial charge in [-0.1, -0.05) is 23.4 Å². The molecule has 30 heavy (non-hydrogen) atoms. The van der Waals surface area contributed by atoms with E-state index < -0.39 is 0 Å². The summed E-state index contributed by atoms with van der Waals surface area (Å²) < 4.78 is 5.32. The molecule has 7 nitrogen and oxygen atoms in total. The molecule has 1 aliphatic heterocycles. The number of piperidine rings is 1. The number of rotatable bonds is 4. The first-order chi connectivity index (χ1) is 14.5. The Morgan fingerprint density at radius 1 is 1.07 bits per heavy atom. The number of nitrogens with zero attached hydrogens (tertiary/aromatic N) is 3. The molecule has 7 heteroatoms. The zero-order chi connectivity index (χ0) is 21.1. The van der Waals surface area contributed by atoms with E-state index in [-0.39, 0.29) is 17.9 Å². The standard InChI is InChI=1S/C23H24N4O3/c1-15-5-3-4-6-19(15)22(28)25-18-9-13-27(14-10-18)23(29)20-16(2)30-26-21(20)17-7-11-24-12-8-17/h3-8,11-12,18H,9-10,13-14H2,1-2H3,(H,25,28). The van der Waals surface area contributed by atoms with E-state index in [2.05, 4.69) is 15.5 Å². The second-order valence-corrected chi connectivity index (χ2v) is 7.55. The maximum atomic E-state index is 13.2. The Labute approximate surface area is 175 Å². The third kappa shape index (κ3) is 3.96. The highest BCUT2D eigenvalue weighted by Crippen LogP contribution is 2.27. The van der Waals surface area contributed by atoms with Crippen molar-refractivity contribution in [1.29, 1.82) is 0 Å². The Hall–Kier alpha value is -3.48. The topological polar surface area (TPSA) is 88.3 Å². The number of aryl methyl sites for hydroxylation is 2. The molecule has 0 aliphatic carbocycles. The minimum absolute atomic E-state index is 0.0457. The number of likely N-dealkylation sites (tertiary alicyclic amines) is 1. The minimum atomic E-state index is -0.0933. The first kappa shape index (κ1) is 19.8. The molecule has 2 aromatic heterocycles. The summed E-state index contributed by atoms with van der Waals surface area (Å²) in [5.74, 6) is 0.346. The Balaban J connectivity index is 1.42. The summed E-state index contributed by atoms with van der Waals surface area (Å²) in [6, 6.07) is 11.2. The molecule has 1 saturated heterocycles. The average Bonchev–Trinajstić information content (AvgIpc) is 3.16. The van der Waals surface area contributed by atoms with Crippen molar-refractivity contribution in [3.63, 3.8) is 0 Å². The van der Waals surface area contributed by atoms with Gasteiger partial charge in [0, 0.05) is 42.7 Å². The highest BCUT2D eigenvalue weighted by molar-refractivity contribution is 6.01. The Morgan fingerprint density at radius 2 is 1.77 bits per heavy atom. The van der Waals surface area contributed by atoms with Crippen molar-refractivity contribution in [2.45, 2.75) is 32.7 Å². The summed E-state index contributed by atoms with van der Waals surface area (Å²) in [5.41, 5.74) is 3.47. The van der Waals surface area contributed by atoms with Crippen LogP contribution in [0.5, 0.6) is 0 Å². The van der Waals surface area contributed by atoms with Crippen molar-refractivity contribution >= 4 is 11.8 Å². The second kappa shape index (κ2) is 8.49. The number of pyridine rings is 1. The van der Waals surface area contributed by atoms with Crippen molar-refractivity contribution in [3.8, 4) is 11.3 Å². The fraction of sp³-hybridized carbons (Fsp3) is 0.304. The molecule has 0 bridgehead atoms. The molecule has 0 unspecified atom stereocenters. The predicted octanol–water partition coefficient (Wildman–Crippen LogP) is 3.39. The summed E-state index contributed by atoms with van der Waals surface area (Å²) >= 11 is 0. The monoisotopic (exact) mass is 404 g/mol. The van der Waals surface area contributed by atoms with Crippen LogP contribution in [0.2, 0.25) is 0 Å². The molecule has 0 radical (unpaired) electrons. The SMILES string of the molecule is Cc1ccccc1C(=O)NC1CCN(C(=O)c2c(-c3ccncc3)noc2C)CC1. The molecule has 154 valence electrons. The lowest BCUT2D eigenvalue weighted by Crippen LogP contribution is -2.46. The van der Waals surface area contributed by atoms with E-state index in [0.717, 1.165) is 11.1 Å². The van der Waals surface area contributed by atoms with Crippen LogP contribution in [-0.4, -0.2) is 46.0 Å². The largest absolute Gasteiger partial charge is 0.360 e. The van der Waals surface area contributed by atoms with E-state index in [1.165, 1.54) is 0 Å². The summed E-state index contributed by atoms with van der Waals surface area (Å²) in [7, 11) is 0. The van der Waals surface area contributed by atoms with Crippen molar-refractivity contribution in [3.05, 3.63) is 71.2 Å². The van der Waals surface area contributed by atoms with Crippen molar-refractivity contribution in [2.75, 3.05) is 13.1 Å². The zero-order valence-electron chi connectivity index (χ0n) is 17.1. The average molecular weight is 404 g/mol. The molecule has 3 aromatic rings. The van der Waals surface area contributed by atoms with Crippen LogP contribution < -0.4 is 5.32 Å². The van der Waals surface area contributed by atoms with E-state index in [9.17, 15) is 9.59 Å². The summed E-state index contributed by atoms with van der Waals surface area (Å²) in [6.45, 7) is 4.81. The third-order valence-electron chi connectivity index (χ3n) is 5.54. The molecule has 0 spiro atoms. The summed E-state index contributed by atoms with van der Waals surface area (Å²) in [5, 5.41) is 7.19. The maximum Gasteiger partial charge on any atom is 0.259 e. The van der Waals surface area contributed by atoms with Gasteiger partial charge in [-0.15, -0.1) is 0 Å². The number of nitrogens with one attached hydrogen (secondary N) is 1. The molecule has 0 atom stereocenters. The second-order valence-electron chi connectivity index (χ2n) is 7.55. The van der Waals surface area contributed by atoms with Gasteiger partial charge in [-0.3, -0.25) is 14.6 Å². The lowest BCUT2D eigenvalue weighted by Gasteiger charge is -2.32. The zero-order valence-corrected chi connectivity index (χ0v) is 17.1. The fourth-order valence-corrected chi connectivity index (χ4v) is 3.81. The van der Waals surface area contributed by atoms with Gasteiger partial charge in [-0.05, 0) is 50.5 Å². The van der Waals surface area contributed by atoms with Crippen LogP contribution in [0.3, 0.4) is 0 Å². The van der Waals surface area contributed by atoms with Crippen molar-refractivity contribution in [1.82, 2.24) is 20.4 Å². The van der Waals surface area contributed by atoms with Gasteiger partial charge in [0.2, 0.25) is 0 Å². The van der Waals surface area contributed by atoms with Gasteiger partial charge in [0.15, 0.2) is 0 Å². The van der Waals surface area contributed by atoms with Crippen molar-refractivity contribution in [2.24, 2.45) is 0 Å². The molecular weight excluding hydrogens is 380 g/mol. The lowest BCUT2D eigenvalue weighted by molar-refractivity contribution is 0.0697. The van der Waals surface area contributed by atoms with Crippen LogP contribution in [0.15, 0.2) is 53.3 Å². The van der Waals surface area contributed by atoms with Crippen LogP contribution in [0, 0.1) is 13.8 Å². The third-order valence-corrected chi connectivity index (χ3v) is 5.54. The number of hydrogen-bond acceptors (Lipinski definition) is 5. The first-order valence-electron chi connectivity index (χ1n) is 10.1. The van der Waals surface area contributed by atoms with E-state index in [4.69, 9.17) is 4.52 Å². The molecule has 1 fully saturated rings. The smallest absolute Gasteiger partial charge is 0.259 e. The number of carbonyl (C=O) groups excluding carboxylic acids is 2. The van der Waals surface area contributed by atoms with Gasteiger partial charge in [0.25, 0.3) is 11.8 Å². The van der Waals surface area contributed by atoms with Crippen LogP contribution in [0.4, 0.5) is 0 Å². The van der Waals surface area contributed by atoms with E-state index >= 15 is 0 Å². The number of amides is 2. The summed E-state index contributed by atoms with van der Waals surface area (Å²) in [6.07, 6.45) is 4.74. The van der Waals surface area contributed by atoms with Gasteiger partial charge in [0.1, 0.15) is 17.0 Å². The van der Waals surface area contributed by atoms with Crippen LogP contribution in [0.1, 0.15) is 44.9 Å².